The van der Waals surface area contributed by atoms with Crippen LogP contribution >= 0.6 is 0 Å². The number of nitrogens with zero attached hydrogens (tertiary/aromatic N) is 4. The van der Waals surface area contributed by atoms with Crippen LogP contribution in [-0.4, -0.2) is 61.3 Å². The van der Waals surface area contributed by atoms with Gasteiger partial charge < -0.3 is 29.9 Å². The number of methoxy groups -OCH3 is 2. The number of anilines is 2. The van der Waals surface area contributed by atoms with Crippen LogP contribution in [0, 0.1) is 0 Å². The number of piperazine rings is 1. The van der Waals surface area contributed by atoms with Crippen molar-refractivity contribution in [3.63, 3.8) is 0 Å². The third-order valence-corrected chi connectivity index (χ3v) is 6.69. The van der Waals surface area contributed by atoms with Gasteiger partial charge in [-0.05, 0) is 29.3 Å². The zero-order chi connectivity index (χ0) is 26.3. The maximum atomic E-state index is 12.9. The molecule has 9 nitrogen and oxygen atoms in total. The fourth-order valence-corrected chi connectivity index (χ4v) is 4.60. The molecule has 38 heavy (non-hydrogen) atoms. The Morgan fingerprint density at radius 2 is 1.50 bits per heavy atom. The van der Waals surface area contributed by atoms with Crippen molar-refractivity contribution in [2.45, 2.75) is 13.1 Å². The number of urea groups is 1. The van der Waals surface area contributed by atoms with Crippen LogP contribution < -0.4 is 25.0 Å². The van der Waals surface area contributed by atoms with Crippen molar-refractivity contribution in [2.75, 3.05) is 50.6 Å². The summed E-state index contributed by atoms with van der Waals surface area (Å²) >= 11 is 0. The zero-order valence-corrected chi connectivity index (χ0v) is 21.7. The molecule has 1 aliphatic heterocycles. The van der Waals surface area contributed by atoms with Gasteiger partial charge in [0.05, 0.1) is 19.7 Å². The minimum absolute atomic E-state index is 0.0986. The predicted octanol–water partition coefficient (Wildman–Crippen LogP) is 4.29. The van der Waals surface area contributed by atoms with Crippen molar-refractivity contribution >= 4 is 28.4 Å². The van der Waals surface area contributed by atoms with Crippen LogP contribution in [0.25, 0.3) is 10.9 Å². The topological polar surface area (TPSA) is 91.9 Å². The molecule has 0 unspecified atom stereocenters. The highest BCUT2D eigenvalue weighted by Gasteiger charge is 2.24. The fourth-order valence-electron chi connectivity index (χ4n) is 4.60. The average molecular weight is 513 g/mol. The number of fused-ring (bicyclic) bond motifs is 1. The zero-order valence-electron chi connectivity index (χ0n) is 21.7. The summed E-state index contributed by atoms with van der Waals surface area (Å²) in [5.74, 6) is 2.09. The Morgan fingerprint density at radius 3 is 2.18 bits per heavy atom. The first-order valence-corrected chi connectivity index (χ1v) is 12.7. The van der Waals surface area contributed by atoms with Crippen LogP contribution in [0.3, 0.4) is 0 Å². The highest BCUT2D eigenvalue weighted by molar-refractivity contribution is 5.92. The summed E-state index contributed by atoms with van der Waals surface area (Å²) in [5.41, 5.74) is 3.99. The summed E-state index contributed by atoms with van der Waals surface area (Å²) in [7, 11) is 3.22. The van der Waals surface area contributed by atoms with E-state index in [9.17, 15) is 4.79 Å². The molecule has 196 valence electrons. The van der Waals surface area contributed by atoms with Crippen molar-refractivity contribution in [2.24, 2.45) is 0 Å². The predicted molar refractivity (Wildman–Crippen MR) is 149 cm³/mol. The molecule has 2 amide bonds. The SMILES string of the molecule is COc1cc2ncnc(N3CCN(C(=O)Nc4ccc(CNCc5ccccc5)cc4)CC3)c2cc1OC. The molecule has 1 aliphatic rings. The highest BCUT2D eigenvalue weighted by Crippen LogP contribution is 2.35. The highest BCUT2D eigenvalue weighted by atomic mass is 16.5. The molecule has 4 aromatic rings. The first-order valence-electron chi connectivity index (χ1n) is 12.7. The number of carbonyl (C=O) groups is 1. The maximum Gasteiger partial charge on any atom is 0.321 e. The van der Waals surface area contributed by atoms with E-state index in [1.54, 1.807) is 20.5 Å². The molecule has 2 heterocycles. The molecule has 0 aliphatic carbocycles. The lowest BCUT2D eigenvalue weighted by molar-refractivity contribution is 0.208. The van der Waals surface area contributed by atoms with E-state index in [-0.39, 0.29) is 6.03 Å². The number of nitrogens with one attached hydrogen (secondary N) is 2. The van der Waals surface area contributed by atoms with Crippen LogP contribution in [0.4, 0.5) is 16.3 Å². The lowest BCUT2D eigenvalue weighted by Gasteiger charge is -2.35. The van der Waals surface area contributed by atoms with E-state index in [1.807, 2.05) is 59.5 Å². The maximum absolute atomic E-state index is 12.9. The van der Waals surface area contributed by atoms with E-state index in [4.69, 9.17) is 9.47 Å². The molecule has 0 atom stereocenters. The van der Waals surface area contributed by atoms with Gasteiger partial charge in [-0.15, -0.1) is 0 Å². The van der Waals surface area contributed by atoms with E-state index in [1.165, 1.54) is 11.1 Å². The van der Waals surface area contributed by atoms with E-state index in [2.05, 4.69) is 37.6 Å². The van der Waals surface area contributed by atoms with Gasteiger partial charge in [0, 0.05) is 56.4 Å². The average Bonchev–Trinajstić information content (AvgIpc) is 2.97. The smallest absolute Gasteiger partial charge is 0.321 e. The summed E-state index contributed by atoms with van der Waals surface area (Å²) in [4.78, 5) is 25.9. The number of hydrogen-bond donors (Lipinski definition) is 2. The second-order valence-corrected chi connectivity index (χ2v) is 9.11. The second kappa shape index (κ2) is 11.8. The molecule has 3 aromatic carbocycles. The van der Waals surface area contributed by atoms with Crippen molar-refractivity contribution in [3.8, 4) is 11.5 Å². The number of amides is 2. The van der Waals surface area contributed by atoms with Gasteiger partial charge in [-0.1, -0.05) is 42.5 Å². The quantitative estimate of drug-likeness (QED) is 0.364. The Kier molecular flexibility index (Phi) is 7.84. The summed E-state index contributed by atoms with van der Waals surface area (Å²) < 4.78 is 10.9. The summed E-state index contributed by atoms with van der Waals surface area (Å²) in [6, 6.07) is 21.9. The number of hydrogen-bond acceptors (Lipinski definition) is 7. The summed E-state index contributed by atoms with van der Waals surface area (Å²) in [6.45, 7) is 4.09. The number of benzene rings is 3. The Balaban J connectivity index is 1.15. The summed E-state index contributed by atoms with van der Waals surface area (Å²) in [6.07, 6.45) is 1.56. The Labute approximate surface area is 222 Å². The Hall–Kier alpha value is -4.37. The third kappa shape index (κ3) is 5.78. The first kappa shape index (κ1) is 25.3. The van der Waals surface area contributed by atoms with Crippen LogP contribution in [0.1, 0.15) is 11.1 Å². The largest absolute Gasteiger partial charge is 0.493 e. The van der Waals surface area contributed by atoms with Crippen molar-refractivity contribution in [1.29, 1.82) is 0 Å². The van der Waals surface area contributed by atoms with Gasteiger partial charge >= 0.3 is 6.03 Å². The molecule has 5 rings (SSSR count). The first-order chi connectivity index (χ1) is 18.6. The van der Waals surface area contributed by atoms with Gasteiger partial charge in [0.25, 0.3) is 0 Å². The molecule has 0 radical (unpaired) electrons. The van der Waals surface area contributed by atoms with Crippen LogP contribution in [0.5, 0.6) is 11.5 Å². The molecular formula is C29H32N6O3. The normalized spacial score (nSPS) is 13.4. The number of carbonyl (C=O) groups excluding carboxylic acids is 1. The van der Waals surface area contributed by atoms with Gasteiger partial charge in [-0.3, -0.25) is 0 Å². The monoisotopic (exact) mass is 512 g/mol. The van der Waals surface area contributed by atoms with E-state index < -0.39 is 0 Å². The molecule has 0 spiro atoms. The molecule has 1 aromatic heterocycles. The van der Waals surface area contributed by atoms with E-state index in [0.717, 1.165) is 35.5 Å². The molecule has 0 saturated carbocycles. The van der Waals surface area contributed by atoms with E-state index >= 15 is 0 Å². The fraction of sp³-hybridized carbons (Fsp3) is 0.276. The molecule has 0 bridgehead atoms. The number of aromatic nitrogens is 2. The molecule has 2 N–H and O–H groups in total. The van der Waals surface area contributed by atoms with Crippen LogP contribution in [0.15, 0.2) is 73.1 Å². The number of ether oxygens (including phenoxy) is 2. The molecule has 1 saturated heterocycles. The molecule has 1 fully saturated rings. The van der Waals surface area contributed by atoms with Gasteiger partial charge in [0.15, 0.2) is 11.5 Å². The Bertz CT molecular complexity index is 1370. The standard InChI is InChI=1S/C29H32N6O3/c1-37-26-16-24-25(17-27(26)38-2)31-20-32-28(24)34-12-14-35(15-13-34)29(36)33-23-10-8-22(9-11-23)19-30-18-21-6-4-3-5-7-21/h3-11,16-17,20,30H,12-15,18-19H2,1-2H3,(H,33,36). The lowest BCUT2D eigenvalue weighted by Crippen LogP contribution is -2.50. The third-order valence-electron chi connectivity index (χ3n) is 6.69. The second-order valence-electron chi connectivity index (χ2n) is 9.11. The minimum atomic E-state index is -0.0986. The Morgan fingerprint density at radius 1 is 0.842 bits per heavy atom. The van der Waals surface area contributed by atoms with Crippen LogP contribution in [-0.2, 0) is 13.1 Å². The van der Waals surface area contributed by atoms with Gasteiger partial charge in [-0.25, -0.2) is 14.8 Å². The van der Waals surface area contributed by atoms with Crippen molar-refractivity contribution < 1.29 is 14.3 Å². The van der Waals surface area contributed by atoms with Crippen molar-refractivity contribution in [3.05, 3.63) is 84.2 Å². The molecule has 9 heteroatoms. The number of rotatable bonds is 8. The van der Waals surface area contributed by atoms with Gasteiger partial charge in [0.2, 0.25) is 0 Å². The summed E-state index contributed by atoms with van der Waals surface area (Å²) in [5, 5.41) is 7.36. The van der Waals surface area contributed by atoms with Crippen molar-refractivity contribution in [1.82, 2.24) is 20.2 Å². The van der Waals surface area contributed by atoms with E-state index in [0.29, 0.717) is 37.7 Å². The van der Waals surface area contributed by atoms with Gasteiger partial charge in [0.1, 0.15) is 12.1 Å². The minimum Gasteiger partial charge on any atom is -0.493 e. The van der Waals surface area contributed by atoms with Crippen LogP contribution in [0.2, 0.25) is 0 Å². The molecular weight excluding hydrogens is 480 g/mol. The lowest BCUT2D eigenvalue weighted by atomic mass is 10.2. The van der Waals surface area contributed by atoms with Gasteiger partial charge in [-0.2, -0.15) is 0 Å².